The van der Waals surface area contributed by atoms with E-state index in [1.54, 1.807) is 10.9 Å². The first-order valence-corrected chi connectivity index (χ1v) is 8.60. The minimum Gasteiger partial charge on any atom is -0.290 e. The van der Waals surface area contributed by atoms with Gasteiger partial charge in [0.2, 0.25) is 5.78 Å². The van der Waals surface area contributed by atoms with Crippen LogP contribution in [0.1, 0.15) is 10.4 Å². The molecular formula is C18H13Br2N2O+. The van der Waals surface area contributed by atoms with Crippen LogP contribution in [0.4, 0.5) is 0 Å². The molecule has 0 bridgehead atoms. The fraction of sp³-hybridized carbons (Fsp3) is 0.0556. The number of aromatic nitrogens is 2. The molecule has 0 unspecified atom stereocenters. The number of Topliss-reactive ketones (excluding diaryl/α,β-unsaturated/α-hetero) is 1. The van der Waals surface area contributed by atoms with Crippen molar-refractivity contribution in [1.29, 1.82) is 0 Å². The Kier molecular flexibility index (Phi) is 4.98. The largest absolute Gasteiger partial charge is 0.290 e. The zero-order valence-corrected chi connectivity index (χ0v) is 15.3. The molecule has 0 amide bonds. The number of ketones is 1. The van der Waals surface area contributed by atoms with Crippen molar-refractivity contribution in [2.45, 2.75) is 6.54 Å². The Morgan fingerprint density at radius 2 is 1.52 bits per heavy atom. The number of carbonyl (C=O) groups excluding carboxylic acids is 1. The quantitative estimate of drug-likeness (QED) is 0.451. The number of hydrogen-bond donors (Lipinski definition) is 0. The molecule has 2 aromatic carbocycles. The van der Waals surface area contributed by atoms with E-state index < -0.39 is 0 Å². The van der Waals surface area contributed by atoms with Gasteiger partial charge < -0.3 is 0 Å². The second kappa shape index (κ2) is 7.15. The molecule has 0 saturated carbocycles. The van der Waals surface area contributed by atoms with Crippen molar-refractivity contribution in [2.75, 3.05) is 0 Å². The average molecular weight is 433 g/mol. The topological polar surface area (TPSA) is 33.8 Å². The standard InChI is InChI=1S/C18H13Br2N2O/c19-15-5-1-13(2-6-15)17-9-10-22(12-21-17)11-18(23)14-3-7-16(20)8-4-14/h1-10,12H,11H2/q+1. The van der Waals surface area contributed by atoms with E-state index >= 15 is 0 Å². The van der Waals surface area contributed by atoms with Crippen molar-refractivity contribution in [3.05, 3.63) is 81.6 Å². The highest BCUT2D eigenvalue weighted by atomic mass is 79.9. The summed E-state index contributed by atoms with van der Waals surface area (Å²) in [6.45, 7) is 0.273. The van der Waals surface area contributed by atoms with Crippen molar-refractivity contribution in [1.82, 2.24) is 4.98 Å². The average Bonchev–Trinajstić information content (AvgIpc) is 2.57. The SMILES string of the molecule is O=C(C[n+]1ccc(-c2ccc(Br)cc2)nc1)c1ccc(Br)cc1. The van der Waals surface area contributed by atoms with E-state index in [1.165, 1.54) is 0 Å². The maximum absolute atomic E-state index is 12.2. The number of hydrogen-bond acceptors (Lipinski definition) is 2. The van der Waals surface area contributed by atoms with Crippen LogP contribution in [-0.4, -0.2) is 10.8 Å². The Balaban J connectivity index is 1.73. The molecule has 0 spiro atoms. The monoisotopic (exact) mass is 431 g/mol. The van der Waals surface area contributed by atoms with Crippen LogP contribution >= 0.6 is 31.9 Å². The summed E-state index contributed by atoms with van der Waals surface area (Å²) in [5, 5.41) is 0. The summed E-state index contributed by atoms with van der Waals surface area (Å²) in [5.74, 6) is 0.0562. The summed E-state index contributed by atoms with van der Waals surface area (Å²) in [6.07, 6.45) is 3.56. The molecule has 5 heteroatoms. The van der Waals surface area contributed by atoms with E-state index in [0.29, 0.717) is 5.56 Å². The van der Waals surface area contributed by atoms with Gasteiger partial charge in [0.1, 0.15) is 0 Å². The van der Waals surface area contributed by atoms with Crippen molar-refractivity contribution >= 4 is 37.6 Å². The molecule has 0 saturated heterocycles. The summed E-state index contributed by atoms with van der Waals surface area (Å²) in [7, 11) is 0. The van der Waals surface area contributed by atoms with Gasteiger partial charge in [-0.3, -0.25) is 4.79 Å². The molecule has 0 aliphatic carbocycles. The summed E-state index contributed by atoms with van der Waals surface area (Å²) in [5.41, 5.74) is 2.61. The molecule has 0 N–H and O–H groups in total. The Labute approximate surface area is 151 Å². The lowest BCUT2D eigenvalue weighted by molar-refractivity contribution is -0.686. The summed E-state index contributed by atoms with van der Waals surface area (Å²) >= 11 is 6.78. The van der Waals surface area contributed by atoms with Crippen LogP contribution in [0.25, 0.3) is 11.3 Å². The zero-order chi connectivity index (χ0) is 16.2. The van der Waals surface area contributed by atoms with Gasteiger partial charge in [0.05, 0.1) is 6.20 Å². The molecule has 0 atom stereocenters. The number of nitrogens with zero attached hydrogens (tertiary/aromatic N) is 2. The third-order valence-electron chi connectivity index (χ3n) is 3.40. The Morgan fingerprint density at radius 1 is 0.913 bits per heavy atom. The molecule has 3 rings (SSSR count). The van der Waals surface area contributed by atoms with E-state index in [0.717, 1.165) is 20.2 Å². The van der Waals surface area contributed by atoms with Crippen LogP contribution in [0.15, 0.2) is 76.1 Å². The smallest absolute Gasteiger partial charge is 0.287 e. The third-order valence-corrected chi connectivity index (χ3v) is 4.46. The van der Waals surface area contributed by atoms with Gasteiger partial charge in [-0.2, -0.15) is 0 Å². The van der Waals surface area contributed by atoms with Crippen molar-refractivity contribution in [3.63, 3.8) is 0 Å². The van der Waals surface area contributed by atoms with Gasteiger partial charge in [0.15, 0.2) is 12.2 Å². The van der Waals surface area contributed by atoms with Gasteiger partial charge in [0.25, 0.3) is 6.33 Å². The van der Waals surface area contributed by atoms with Crippen LogP contribution in [0.5, 0.6) is 0 Å². The maximum atomic E-state index is 12.2. The molecule has 0 fully saturated rings. The van der Waals surface area contributed by atoms with Gasteiger partial charge in [-0.05, 0) is 41.4 Å². The van der Waals surface area contributed by atoms with E-state index in [-0.39, 0.29) is 12.3 Å². The number of carbonyl (C=O) groups is 1. The van der Waals surface area contributed by atoms with Gasteiger partial charge in [-0.25, -0.2) is 4.57 Å². The van der Waals surface area contributed by atoms with E-state index in [2.05, 4.69) is 36.8 Å². The Hall–Kier alpha value is -1.85. The molecule has 0 radical (unpaired) electrons. The van der Waals surface area contributed by atoms with E-state index in [1.807, 2.05) is 60.8 Å². The first-order chi connectivity index (χ1) is 11.1. The Bertz CT molecular complexity index is 813. The highest BCUT2D eigenvalue weighted by Crippen LogP contribution is 2.18. The van der Waals surface area contributed by atoms with Gasteiger partial charge >= 0.3 is 0 Å². The van der Waals surface area contributed by atoms with Crippen molar-refractivity contribution < 1.29 is 9.36 Å². The lowest BCUT2D eigenvalue weighted by Gasteiger charge is -2.01. The number of benzene rings is 2. The highest BCUT2D eigenvalue weighted by Gasteiger charge is 2.11. The highest BCUT2D eigenvalue weighted by molar-refractivity contribution is 9.10. The second-order valence-corrected chi connectivity index (χ2v) is 6.89. The number of halogens is 2. The number of rotatable bonds is 4. The third kappa shape index (κ3) is 4.12. The van der Waals surface area contributed by atoms with Crippen LogP contribution < -0.4 is 4.57 Å². The molecule has 0 aliphatic rings. The zero-order valence-electron chi connectivity index (χ0n) is 12.1. The van der Waals surface area contributed by atoms with E-state index in [4.69, 9.17) is 0 Å². The van der Waals surface area contributed by atoms with Crippen molar-refractivity contribution in [3.8, 4) is 11.3 Å². The van der Waals surface area contributed by atoms with Crippen LogP contribution in [0.2, 0.25) is 0 Å². The molecule has 3 nitrogen and oxygen atoms in total. The summed E-state index contributed by atoms with van der Waals surface area (Å²) in [6, 6.07) is 17.3. The predicted molar refractivity (Wildman–Crippen MR) is 96.0 cm³/mol. The Morgan fingerprint density at radius 3 is 2.09 bits per heavy atom. The predicted octanol–water partition coefficient (Wildman–Crippen LogP) is 4.44. The summed E-state index contributed by atoms with van der Waals surface area (Å²) < 4.78 is 3.78. The maximum Gasteiger partial charge on any atom is 0.287 e. The first-order valence-electron chi connectivity index (χ1n) is 7.01. The normalized spacial score (nSPS) is 10.5. The summed E-state index contributed by atoms with van der Waals surface area (Å²) in [4.78, 5) is 16.7. The minimum atomic E-state index is 0.0562. The van der Waals surface area contributed by atoms with Gasteiger partial charge in [-0.15, -0.1) is 0 Å². The second-order valence-electron chi connectivity index (χ2n) is 5.05. The van der Waals surface area contributed by atoms with E-state index in [9.17, 15) is 4.79 Å². The molecule has 3 aromatic rings. The van der Waals surface area contributed by atoms with Crippen LogP contribution in [-0.2, 0) is 6.54 Å². The lowest BCUT2D eigenvalue weighted by Crippen LogP contribution is -2.37. The molecule has 0 aliphatic heterocycles. The van der Waals surface area contributed by atoms with Crippen molar-refractivity contribution in [2.24, 2.45) is 0 Å². The fourth-order valence-corrected chi connectivity index (χ4v) is 2.69. The van der Waals surface area contributed by atoms with Crippen LogP contribution in [0.3, 0.4) is 0 Å². The molecule has 23 heavy (non-hydrogen) atoms. The molecule has 1 heterocycles. The van der Waals surface area contributed by atoms with Crippen LogP contribution in [0, 0.1) is 0 Å². The minimum absolute atomic E-state index is 0.0562. The first kappa shape index (κ1) is 16.0. The molecular weight excluding hydrogens is 420 g/mol. The van der Waals surface area contributed by atoms with Gasteiger partial charge in [-0.1, -0.05) is 44.0 Å². The fourth-order valence-electron chi connectivity index (χ4n) is 2.16. The molecule has 1 aromatic heterocycles. The lowest BCUT2D eigenvalue weighted by atomic mass is 10.1. The molecule has 114 valence electrons. The van der Waals surface area contributed by atoms with Gasteiger partial charge in [0, 0.05) is 26.1 Å².